The summed E-state index contributed by atoms with van der Waals surface area (Å²) in [5, 5.41) is 2.22. The monoisotopic (exact) mass is 200 g/mol. The Bertz CT molecular complexity index is 461. The number of allylic oxidation sites excluding steroid dienone is 3. The van der Waals surface area contributed by atoms with Crippen LogP contribution < -0.4 is 0 Å². The summed E-state index contributed by atoms with van der Waals surface area (Å²) in [5.41, 5.74) is 4.75. The minimum atomic E-state index is 0.879. The summed E-state index contributed by atoms with van der Waals surface area (Å²) in [6, 6.07) is 2.29. The van der Waals surface area contributed by atoms with Crippen molar-refractivity contribution in [3.8, 4) is 0 Å². The van der Waals surface area contributed by atoms with Gasteiger partial charge >= 0.3 is 0 Å². The van der Waals surface area contributed by atoms with Gasteiger partial charge in [-0.25, -0.2) is 0 Å². The van der Waals surface area contributed by atoms with Crippen molar-refractivity contribution < 1.29 is 0 Å². The number of hydrogen-bond acceptors (Lipinski definition) is 1. The number of thiophene rings is 1. The fraction of sp³-hybridized carbons (Fsp3) is 0.385. The van der Waals surface area contributed by atoms with Gasteiger partial charge in [0.1, 0.15) is 0 Å². The van der Waals surface area contributed by atoms with E-state index in [4.69, 9.17) is 0 Å². The first-order chi connectivity index (χ1) is 6.93. The molecule has 0 nitrogen and oxygen atoms in total. The first kappa shape index (κ1) is 7.47. The fourth-order valence-corrected chi connectivity index (χ4v) is 4.16. The molecule has 0 amide bonds. The van der Waals surface area contributed by atoms with E-state index in [1.54, 1.807) is 11.1 Å². The molecular formula is C13H12S. The van der Waals surface area contributed by atoms with Crippen LogP contribution in [0.15, 0.2) is 23.1 Å². The Morgan fingerprint density at radius 1 is 1.29 bits per heavy atom. The number of fused-ring (bicyclic) bond motifs is 5. The second kappa shape index (κ2) is 2.40. The summed E-state index contributed by atoms with van der Waals surface area (Å²) >= 11 is 1.89. The lowest BCUT2D eigenvalue weighted by Gasteiger charge is -2.09. The molecular weight excluding hydrogens is 188 g/mol. The summed E-state index contributed by atoms with van der Waals surface area (Å²) in [6.07, 6.45) is 9.27. The van der Waals surface area contributed by atoms with Crippen LogP contribution in [0.1, 0.15) is 29.7 Å². The van der Waals surface area contributed by atoms with Crippen LogP contribution in [0.5, 0.6) is 0 Å². The van der Waals surface area contributed by atoms with Gasteiger partial charge in [-0.3, -0.25) is 0 Å². The van der Waals surface area contributed by atoms with Crippen LogP contribution in [0, 0.1) is 11.8 Å². The van der Waals surface area contributed by atoms with Gasteiger partial charge in [0.2, 0.25) is 0 Å². The Morgan fingerprint density at radius 3 is 3.29 bits per heavy atom. The Balaban J connectivity index is 1.93. The second-order valence-corrected chi connectivity index (χ2v) is 5.53. The maximum atomic E-state index is 2.54. The van der Waals surface area contributed by atoms with Crippen molar-refractivity contribution in [2.75, 3.05) is 0 Å². The van der Waals surface area contributed by atoms with Gasteiger partial charge in [0.15, 0.2) is 0 Å². The van der Waals surface area contributed by atoms with Crippen molar-refractivity contribution in [3.05, 3.63) is 33.5 Å². The average Bonchev–Trinajstić information content (AvgIpc) is 2.80. The van der Waals surface area contributed by atoms with Gasteiger partial charge in [-0.05, 0) is 58.9 Å². The smallest absolute Gasteiger partial charge is 0.0351 e. The van der Waals surface area contributed by atoms with E-state index >= 15 is 0 Å². The second-order valence-electron chi connectivity index (χ2n) is 4.58. The lowest BCUT2D eigenvalue weighted by Crippen LogP contribution is -1.99. The van der Waals surface area contributed by atoms with Crippen LogP contribution in [0.25, 0.3) is 11.6 Å². The topological polar surface area (TPSA) is 0 Å². The molecule has 1 fully saturated rings. The number of hydrogen-bond donors (Lipinski definition) is 0. The molecule has 0 N–H and O–H groups in total. The minimum absolute atomic E-state index is 0.879. The fourth-order valence-electron chi connectivity index (χ4n) is 3.31. The van der Waals surface area contributed by atoms with Crippen molar-refractivity contribution in [2.45, 2.75) is 19.3 Å². The van der Waals surface area contributed by atoms with Crippen LogP contribution in [0.3, 0.4) is 0 Å². The largest absolute Gasteiger partial charge is 0.144 e. The highest BCUT2D eigenvalue weighted by atomic mass is 32.1. The molecule has 0 spiro atoms. The summed E-state index contributed by atoms with van der Waals surface area (Å²) in [5.74, 6) is 1.76. The first-order valence-electron chi connectivity index (χ1n) is 5.45. The van der Waals surface area contributed by atoms with E-state index in [0.29, 0.717) is 0 Å². The van der Waals surface area contributed by atoms with Crippen molar-refractivity contribution in [1.82, 2.24) is 0 Å². The average molecular weight is 200 g/mol. The maximum Gasteiger partial charge on any atom is 0.0351 e. The SMILES string of the molecule is C1=C2C(=Cc3sccc32)C2CCCC12. The van der Waals surface area contributed by atoms with Gasteiger partial charge < -0.3 is 0 Å². The molecule has 1 saturated carbocycles. The Kier molecular flexibility index (Phi) is 1.28. The molecule has 1 heterocycles. The Labute approximate surface area is 88.0 Å². The van der Waals surface area contributed by atoms with E-state index in [9.17, 15) is 0 Å². The molecule has 0 saturated heterocycles. The van der Waals surface area contributed by atoms with Gasteiger partial charge in [-0.1, -0.05) is 12.5 Å². The number of rotatable bonds is 0. The zero-order valence-corrected chi connectivity index (χ0v) is 8.81. The van der Waals surface area contributed by atoms with Crippen LogP contribution in [0.2, 0.25) is 0 Å². The molecule has 0 radical (unpaired) electrons. The highest BCUT2D eigenvalue weighted by Crippen LogP contribution is 2.54. The molecule has 1 aromatic rings. The van der Waals surface area contributed by atoms with E-state index in [0.717, 1.165) is 11.8 Å². The van der Waals surface area contributed by atoms with Crippen LogP contribution in [-0.4, -0.2) is 0 Å². The molecule has 70 valence electrons. The zero-order valence-electron chi connectivity index (χ0n) is 7.99. The molecule has 1 aromatic heterocycles. The van der Waals surface area contributed by atoms with E-state index in [2.05, 4.69) is 23.6 Å². The van der Waals surface area contributed by atoms with Gasteiger partial charge in [0.05, 0.1) is 0 Å². The third kappa shape index (κ3) is 0.755. The molecule has 4 rings (SSSR count). The van der Waals surface area contributed by atoms with Gasteiger partial charge in [-0.2, -0.15) is 0 Å². The molecule has 2 atom stereocenters. The minimum Gasteiger partial charge on any atom is -0.144 e. The normalized spacial score (nSPS) is 32.3. The highest BCUT2D eigenvalue weighted by Gasteiger charge is 2.38. The molecule has 3 aliphatic rings. The molecule has 14 heavy (non-hydrogen) atoms. The van der Waals surface area contributed by atoms with Gasteiger partial charge in [0, 0.05) is 4.88 Å². The van der Waals surface area contributed by atoms with Crippen molar-refractivity contribution in [3.63, 3.8) is 0 Å². The van der Waals surface area contributed by atoms with Crippen LogP contribution >= 0.6 is 11.3 Å². The van der Waals surface area contributed by atoms with Crippen LogP contribution in [-0.2, 0) is 0 Å². The highest BCUT2D eigenvalue weighted by molar-refractivity contribution is 7.11. The molecule has 0 aromatic carbocycles. The predicted molar refractivity (Wildman–Crippen MR) is 61.1 cm³/mol. The molecule has 2 unspecified atom stereocenters. The van der Waals surface area contributed by atoms with Crippen molar-refractivity contribution in [2.24, 2.45) is 11.8 Å². The lowest BCUT2D eigenvalue weighted by atomic mass is 9.95. The summed E-state index contributed by atoms with van der Waals surface area (Å²) in [6.45, 7) is 0. The molecule has 0 bridgehead atoms. The van der Waals surface area contributed by atoms with Crippen molar-refractivity contribution >= 4 is 23.0 Å². The summed E-state index contributed by atoms with van der Waals surface area (Å²) in [4.78, 5) is 1.50. The first-order valence-corrected chi connectivity index (χ1v) is 6.33. The standard InChI is InChI=1S/C13H12S/c1-2-8-6-11-10-4-5-14-13(10)7-12(11)9(8)3-1/h4-9H,1-3H2. The third-order valence-corrected chi connectivity index (χ3v) is 4.80. The predicted octanol–water partition coefficient (Wildman–Crippen LogP) is 3.96. The Morgan fingerprint density at radius 2 is 2.29 bits per heavy atom. The third-order valence-electron chi connectivity index (χ3n) is 3.93. The van der Waals surface area contributed by atoms with Gasteiger partial charge in [0.25, 0.3) is 0 Å². The summed E-state index contributed by atoms with van der Waals surface area (Å²) < 4.78 is 0. The molecule has 0 aliphatic heterocycles. The maximum absolute atomic E-state index is 2.54. The summed E-state index contributed by atoms with van der Waals surface area (Å²) in [7, 11) is 0. The quantitative estimate of drug-likeness (QED) is 0.594. The van der Waals surface area contributed by atoms with Crippen molar-refractivity contribution in [1.29, 1.82) is 0 Å². The molecule has 1 heteroatoms. The van der Waals surface area contributed by atoms with Crippen LogP contribution in [0.4, 0.5) is 0 Å². The van der Waals surface area contributed by atoms with Gasteiger partial charge in [-0.15, -0.1) is 11.3 Å². The van der Waals surface area contributed by atoms with E-state index in [1.807, 2.05) is 11.3 Å². The lowest BCUT2D eigenvalue weighted by molar-refractivity contribution is 0.567. The molecule has 3 aliphatic carbocycles. The van der Waals surface area contributed by atoms with E-state index < -0.39 is 0 Å². The Hall–Kier alpha value is -0.820. The van der Waals surface area contributed by atoms with E-state index in [-0.39, 0.29) is 0 Å². The zero-order chi connectivity index (χ0) is 9.12. The van der Waals surface area contributed by atoms with E-state index in [1.165, 1.54) is 29.7 Å².